The van der Waals surface area contributed by atoms with Gasteiger partial charge in [0.25, 0.3) is 0 Å². The second kappa shape index (κ2) is 5.38. The van der Waals surface area contributed by atoms with Crippen LogP contribution in [0.3, 0.4) is 0 Å². The van der Waals surface area contributed by atoms with Gasteiger partial charge in [-0.1, -0.05) is 19.1 Å². The van der Waals surface area contributed by atoms with Gasteiger partial charge in [-0.2, -0.15) is 4.31 Å². The molecule has 1 heterocycles. The molecule has 0 aromatic heterocycles. The summed E-state index contributed by atoms with van der Waals surface area (Å²) in [6.45, 7) is 3.68. The lowest BCUT2D eigenvalue weighted by molar-refractivity contribution is 0.388. The fraction of sp³-hybridized carbons (Fsp3) is 0.538. The average Bonchev–Trinajstić information content (AvgIpc) is 2.91. The topological polar surface area (TPSA) is 49.4 Å². The number of rotatable bonds is 4. The van der Waals surface area contributed by atoms with Gasteiger partial charge < -0.3 is 5.32 Å². The summed E-state index contributed by atoms with van der Waals surface area (Å²) in [7, 11) is -1.69. The number of benzene rings is 1. The van der Waals surface area contributed by atoms with E-state index in [2.05, 4.69) is 12.2 Å². The van der Waals surface area contributed by atoms with E-state index in [9.17, 15) is 8.42 Å². The lowest BCUT2D eigenvalue weighted by Crippen LogP contribution is -2.38. The minimum Gasteiger partial charge on any atom is -0.315 e. The van der Waals surface area contributed by atoms with Crippen molar-refractivity contribution in [3.05, 3.63) is 29.8 Å². The summed E-state index contributed by atoms with van der Waals surface area (Å²) in [5.41, 5.74) is 1.15. The van der Waals surface area contributed by atoms with Crippen LogP contribution in [0.1, 0.15) is 18.9 Å². The summed E-state index contributed by atoms with van der Waals surface area (Å²) in [5, 5.41) is 3.19. The molecule has 4 nitrogen and oxygen atoms in total. The lowest BCUT2D eigenvalue weighted by atomic mass is 10.2. The Hall–Kier alpha value is -0.910. The third-order valence-corrected chi connectivity index (χ3v) is 5.48. The van der Waals surface area contributed by atoms with Crippen molar-refractivity contribution in [1.29, 1.82) is 0 Å². The van der Waals surface area contributed by atoms with Crippen molar-refractivity contribution in [1.82, 2.24) is 9.62 Å². The van der Waals surface area contributed by atoms with Crippen molar-refractivity contribution in [3.63, 3.8) is 0 Å². The van der Waals surface area contributed by atoms with Crippen molar-refractivity contribution in [2.45, 2.75) is 30.7 Å². The first-order valence-corrected chi connectivity index (χ1v) is 7.77. The van der Waals surface area contributed by atoms with Gasteiger partial charge in [-0.15, -0.1) is 0 Å². The summed E-state index contributed by atoms with van der Waals surface area (Å²) in [6, 6.07) is 7.24. The molecule has 1 atom stereocenters. The lowest BCUT2D eigenvalue weighted by Gasteiger charge is -2.23. The van der Waals surface area contributed by atoms with Crippen molar-refractivity contribution in [2.24, 2.45) is 0 Å². The van der Waals surface area contributed by atoms with Crippen LogP contribution in [-0.4, -0.2) is 38.9 Å². The highest BCUT2D eigenvalue weighted by Gasteiger charge is 2.29. The second-order valence-corrected chi connectivity index (χ2v) is 6.66. The maximum Gasteiger partial charge on any atom is 0.243 e. The largest absolute Gasteiger partial charge is 0.315 e. The third-order valence-electron chi connectivity index (χ3n) is 3.56. The minimum absolute atomic E-state index is 0.0702. The van der Waals surface area contributed by atoms with Crippen LogP contribution in [0.5, 0.6) is 0 Å². The van der Waals surface area contributed by atoms with Crippen LogP contribution in [0.25, 0.3) is 0 Å². The Bertz CT molecular complexity index is 490. The maximum atomic E-state index is 12.4. The molecule has 1 N–H and O–H groups in total. The summed E-state index contributed by atoms with van der Waals surface area (Å²) in [5.74, 6) is 0. The quantitative estimate of drug-likeness (QED) is 0.893. The summed E-state index contributed by atoms with van der Waals surface area (Å²) < 4.78 is 26.3. The van der Waals surface area contributed by atoms with E-state index in [-0.39, 0.29) is 6.04 Å². The van der Waals surface area contributed by atoms with E-state index in [1.807, 2.05) is 12.1 Å². The number of likely N-dealkylation sites (N-methyl/N-ethyl adjacent to an activating group) is 1. The van der Waals surface area contributed by atoms with Crippen LogP contribution >= 0.6 is 0 Å². The molecule has 5 heteroatoms. The number of nitrogens with one attached hydrogen (secondary N) is 1. The molecule has 0 saturated carbocycles. The molecular formula is C13H20N2O2S. The highest BCUT2D eigenvalue weighted by atomic mass is 32.2. The van der Waals surface area contributed by atoms with Gasteiger partial charge in [0.1, 0.15) is 0 Å². The van der Waals surface area contributed by atoms with Crippen LogP contribution in [0.15, 0.2) is 29.2 Å². The summed E-state index contributed by atoms with van der Waals surface area (Å²) in [6.07, 6.45) is 1.80. The van der Waals surface area contributed by atoms with Gasteiger partial charge in [-0.05, 0) is 37.1 Å². The molecule has 1 aromatic rings. The van der Waals surface area contributed by atoms with Gasteiger partial charge in [0.05, 0.1) is 4.90 Å². The zero-order valence-electron chi connectivity index (χ0n) is 10.9. The number of aryl methyl sites for hydroxylation is 1. The number of nitrogens with zero attached hydrogens (tertiary/aromatic N) is 1. The molecule has 0 aliphatic carbocycles. The molecule has 1 aliphatic heterocycles. The third kappa shape index (κ3) is 2.58. The Balaban J connectivity index is 2.23. The van der Waals surface area contributed by atoms with Crippen molar-refractivity contribution in [3.8, 4) is 0 Å². The average molecular weight is 268 g/mol. The van der Waals surface area contributed by atoms with E-state index in [0.717, 1.165) is 31.5 Å². The van der Waals surface area contributed by atoms with E-state index in [1.54, 1.807) is 19.2 Å². The highest BCUT2D eigenvalue weighted by Crippen LogP contribution is 2.19. The molecule has 1 fully saturated rings. The standard InChI is InChI=1S/C13H20N2O2S/c1-3-11-4-6-13(7-5-11)18(16,17)15(2)12-8-9-14-10-12/h4-7,12,14H,3,8-10H2,1-2H3. The molecule has 0 radical (unpaired) electrons. The molecule has 100 valence electrons. The summed E-state index contributed by atoms with van der Waals surface area (Å²) >= 11 is 0. The van der Waals surface area contributed by atoms with E-state index in [1.165, 1.54) is 4.31 Å². The van der Waals surface area contributed by atoms with Crippen LogP contribution in [0.4, 0.5) is 0 Å². The van der Waals surface area contributed by atoms with Gasteiger partial charge in [0.15, 0.2) is 0 Å². The molecular weight excluding hydrogens is 248 g/mol. The zero-order chi connectivity index (χ0) is 13.2. The molecule has 0 bridgehead atoms. The van der Waals surface area contributed by atoms with Crippen molar-refractivity contribution >= 4 is 10.0 Å². The Morgan fingerprint density at radius 3 is 2.50 bits per heavy atom. The molecule has 1 aliphatic rings. The van der Waals surface area contributed by atoms with Crippen LogP contribution in [-0.2, 0) is 16.4 Å². The SMILES string of the molecule is CCc1ccc(S(=O)(=O)N(C)C2CCNC2)cc1. The molecule has 18 heavy (non-hydrogen) atoms. The summed E-state index contributed by atoms with van der Waals surface area (Å²) in [4.78, 5) is 0.383. The van der Waals surface area contributed by atoms with Gasteiger partial charge in [-0.25, -0.2) is 8.42 Å². The van der Waals surface area contributed by atoms with Crippen LogP contribution < -0.4 is 5.32 Å². The molecule has 0 spiro atoms. The number of sulfonamides is 1. The van der Waals surface area contributed by atoms with Crippen LogP contribution in [0, 0.1) is 0 Å². The fourth-order valence-corrected chi connectivity index (χ4v) is 3.59. The molecule has 1 aromatic carbocycles. The van der Waals surface area contributed by atoms with Gasteiger partial charge in [-0.3, -0.25) is 0 Å². The van der Waals surface area contributed by atoms with E-state index >= 15 is 0 Å². The van der Waals surface area contributed by atoms with E-state index in [0.29, 0.717) is 4.90 Å². The maximum absolute atomic E-state index is 12.4. The Morgan fingerprint density at radius 1 is 1.33 bits per heavy atom. The first-order valence-electron chi connectivity index (χ1n) is 6.33. The minimum atomic E-state index is -3.35. The second-order valence-electron chi connectivity index (χ2n) is 4.67. The zero-order valence-corrected chi connectivity index (χ0v) is 11.7. The van der Waals surface area contributed by atoms with Gasteiger partial charge >= 0.3 is 0 Å². The molecule has 1 unspecified atom stereocenters. The normalized spacial score (nSPS) is 20.5. The monoisotopic (exact) mass is 268 g/mol. The predicted octanol–water partition coefficient (Wildman–Crippen LogP) is 1.23. The van der Waals surface area contributed by atoms with E-state index < -0.39 is 10.0 Å². The first-order chi connectivity index (χ1) is 8.55. The smallest absolute Gasteiger partial charge is 0.243 e. The van der Waals surface area contributed by atoms with Crippen LogP contribution in [0.2, 0.25) is 0 Å². The Kier molecular flexibility index (Phi) is 4.04. The predicted molar refractivity (Wildman–Crippen MR) is 72.0 cm³/mol. The highest BCUT2D eigenvalue weighted by molar-refractivity contribution is 7.89. The Morgan fingerprint density at radius 2 is 2.00 bits per heavy atom. The number of hydrogen-bond acceptors (Lipinski definition) is 3. The number of hydrogen-bond donors (Lipinski definition) is 1. The fourth-order valence-electron chi connectivity index (χ4n) is 2.21. The molecule has 0 amide bonds. The first kappa shape index (κ1) is 13.5. The van der Waals surface area contributed by atoms with E-state index in [4.69, 9.17) is 0 Å². The van der Waals surface area contributed by atoms with Crippen molar-refractivity contribution < 1.29 is 8.42 Å². The van der Waals surface area contributed by atoms with Gasteiger partial charge in [0.2, 0.25) is 10.0 Å². The van der Waals surface area contributed by atoms with Gasteiger partial charge in [0, 0.05) is 19.6 Å². The van der Waals surface area contributed by atoms with Crippen molar-refractivity contribution in [2.75, 3.05) is 20.1 Å². The molecule has 1 saturated heterocycles. The Labute approximate surface area is 109 Å². The molecule has 2 rings (SSSR count).